The van der Waals surface area contributed by atoms with E-state index in [2.05, 4.69) is 4.98 Å². The Hall–Kier alpha value is -0.620. The number of rotatable bonds is 0. The van der Waals surface area contributed by atoms with Crippen LogP contribution in [0.5, 0.6) is 0 Å². The van der Waals surface area contributed by atoms with Crippen molar-refractivity contribution in [2.24, 2.45) is 0 Å². The second-order valence-electron chi connectivity index (χ2n) is 2.27. The molecule has 0 heterocycles. The lowest BCUT2D eigenvalue weighted by atomic mass is 10.3. The van der Waals surface area contributed by atoms with Gasteiger partial charge >= 0.3 is 16.1 Å². The van der Waals surface area contributed by atoms with Gasteiger partial charge in [0.2, 0.25) is 5.39 Å². The number of hydrogen-bond acceptors (Lipinski definition) is 3. The molecule has 0 spiro atoms. The van der Waals surface area contributed by atoms with Crippen LogP contribution in [0.25, 0.3) is 4.98 Å². The van der Waals surface area contributed by atoms with Crippen molar-refractivity contribution in [3.05, 3.63) is 32.2 Å². The monoisotopic (exact) mass is 305 g/mol. The molecular weight excluding hydrogens is 303 g/mol. The topological polar surface area (TPSA) is 103 Å². The standard InChI is InChI=1S/C6H2Cl3N2.H2O4S/c7-3-1-5(9)6(11-10)2-4(3)8;1-5(2,3)4/h1-2H;(H2,1,2,3,4)/q+1;. The molecular formula is C6H4Cl3N2O4S+. The van der Waals surface area contributed by atoms with Crippen LogP contribution < -0.4 is 0 Å². The highest BCUT2D eigenvalue weighted by atomic mass is 35.5. The highest BCUT2D eigenvalue weighted by Gasteiger charge is 2.14. The summed E-state index contributed by atoms with van der Waals surface area (Å²) in [6.45, 7) is 0. The molecule has 0 bridgehead atoms. The predicted octanol–water partition coefficient (Wildman–Crippen LogP) is 3.48. The molecule has 2 N–H and O–H groups in total. The molecule has 0 unspecified atom stereocenters. The molecule has 10 heteroatoms. The molecule has 1 aromatic carbocycles. The summed E-state index contributed by atoms with van der Waals surface area (Å²) >= 11 is 16.8. The molecule has 0 radical (unpaired) electrons. The van der Waals surface area contributed by atoms with Crippen molar-refractivity contribution in [2.45, 2.75) is 0 Å². The van der Waals surface area contributed by atoms with Crippen LogP contribution in [-0.2, 0) is 10.4 Å². The van der Waals surface area contributed by atoms with E-state index >= 15 is 0 Å². The van der Waals surface area contributed by atoms with Gasteiger partial charge in [0.15, 0.2) is 4.98 Å². The normalized spacial score (nSPS) is 10.0. The number of benzene rings is 1. The van der Waals surface area contributed by atoms with Crippen molar-refractivity contribution >= 4 is 50.9 Å². The van der Waals surface area contributed by atoms with Gasteiger partial charge < -0.3 is 0 Å². The Morgan fingerprint density at radius 3 is 1.81 bits per heavy atom. The van der Waals surface area contributed by atoms with Crippen LogP contribution in [0.1, 0.15) is 0 Å². The third kappa shape index (κ3) is 6.79. The summed E-state index contributed by atoms with van der Waals surface area (Å²) < 4.78 is 31.6. The maximum Gasteiger partial charge on any atom is 0.404 e. The van der Waals surface area contributed by atoms with Crippen molar-refractivity contribution in [2.75, 3.05) is 0 Å². The summed E-state index contributed by atoms with van der Waals surface area (Å²) in [5.74, 6) is 0. The summed E-state index contributed by atoms with van der Waals surface area (Å²) in [5, 5.41) is 9.28. The molecule has 0 aliphatic heterocycles. The third-order valence-electron chi connectivity index (χ3n) is 1.10. The van der Waals surface area contributed by atoms with Gasteiger partial charge in [0.1, 0.15) is 5.02 Å². The lowest BCUT2D eigenvalue weighted by Gasteiger charge is -1.90. The second kappa shape index (κ2) is 6.20. The third-order valence-corrected chi connectivity index (χ3v) is 2.12. The first-order valence-electron chi connectivity index (χ1n) is 3.34. The Kier molecular flexibility index (Phi) is 5.96. The van der Waals surface area contributed by atoms with Crippen LogP contribution in [0.15, 0.2) is 12.1 Å². The number of hydrogen-bond donors (Lipinski definition) is 2. The van der Waals surface area contributed by atoms with Gasteiger partial charge in [0.05, 0.1) is 16.1 Å². The molecule has 0 aliphatic rings. The summed E-state index contributed by atoms with van der Waals surface area (Å²) in [6.07, 6.45) is 0. The Bertz CT molecular complexity index is 517. The number of nitrogens with zero attached hydrogens (tertiary/aromatic N) is 2. The Morgan fingerprint density at radius 2 is 1.44 bits per heavy atom. The molecule has 0 saturated heterocycles. The van der Waals surface area contributed by atoms with Crippen molar-refractivity contribution in [1.29, 1.82) is 5.39 Å². The highest BCUT2D eigenvalue weighted by Crippen LogP contribution is 2.33. The van der Waals surface area contributed by atoms with Crippen LogP contribution in [0.3, 0.4) is 0 Å². The molecule has 1 rings (SSSR count). The Balaban J connectivity index is 0.000000385. The van der Waals surface area contributed by atoms with Gasteiger partial charge in [-0.25, -0.2) is 0 Å². The van der Waals surface area contributed by atoms with E-state index in [1.807, 2.05) is 0 Å². The van der Waals surface area contributed by atoms with Crippen molar-refractivity contribution in [3.63, 3.8) is 0 Å². The van der Waals surface area contributed by atoms with E-state index in [-0.39, 0.29) is 10.7 Å². The van der Waals surface area contributed by atoms with Crippen LogP contribution >= 0.6 is 34.8 Å². The smallest absolute Gasteiger partial charge is 0.264 e. The predicted molar refractivity (Wildman–Crippen MR) is 60.4 cm³/mol. The molecule has 16 heavy (non-hydrogen) atoms. The molecule has 88 valence electrons. The Morgan fingerprint density at radius 1 is 1.06 bits per heavy atom. The molecule has 0 fully saturated rings. The first kappa shape index (κ1) is 15.4. The molecule has 6 nitrogen and oxygen atoms in total. The van der Waals surface area contributed by atoms with E-state index in [1.165, 1.54) is 12.1 Å². The average molecular weight is 307 g/mol. The Labute approximate surface area is 106 Å². The van der Waals surface area contributed by atoms with E-state index in [4.69, 9.17) is 57.7 Å². The average Bonchev–Trinajstić information content (AvgIpc) is 2.08. The minimum Gasteiger partial charge on any atom is -0.264 e. The molecule has 0 aliphatic carbocycles. The zero-order valence-electron chi connectivity index (χ0n) is 7.30. The fourth-order valence-corrected chi connectivity index (χ4v) is 1.17. The fourth-order valence-electron chi connectivity index (χ4n) is 0.589. The SMILES string of the molecule is N#[N+]c1cc(Cl)c(Cl)cc1Cl.O=S(=O)(O)O. The molecule has 0 saturated carbocycles. The van der Waals surface area contributed by atoms with Gasteiger partial charge in [-0.1, -0.05) is 34.8 Å². The zero-order chi connectivity index (χ0) is 12.9. The first-order chi connectivity index (χ1) is 7.15. The number of halogens is 3. The van der Waals surface area contributed by atoms with Crippen molar-refractivity contribution < 1.29 is 17.5 Å². The van der Waals surface area contributed by atoms with E-state index in [1.54, 1.807) is 0 Å². The molecule has 1 aromatic rings. The summed E-state index contributed by atoms with van der Waals surface area (Å²) in [5.41, 5.74) is 0.209. The minimum absolute atomic E-state index is 0.209. The largest absolute Gasteiger partial charge is 0.404 e. The number of diazo groups is 1. The lowest BCUT2D eigenvalue weighted by Crippen LogP contribution is -1.89. The summed E-state index contributed by atoms with van der Waals surface area (Å²) in [6, 6.07) is 2.80. The van der Waals surface area contributed by atoms with Crippen molar-refractivity contribution in [3.8, 4) is 0 Å². The maximum atomic E-state index is 8.74. The molecule has 0 atom stereocenters. The zero-order valence-corrected chi connectivity index (χ0v) is 10.4. The van der Waals surface area contributed by atoms with E-state index in [9.17, 15) is 0 Å². The van der Waals surface area contributed by atoms with E-state index in [0.29, 0.717) is 10.0 Å². The minimum atomic E-state index is -4.67. The van der Waals surface area contributed by atoms with Crippen LogP contribution in [-0.4, -0.2) is 17.5 Å². The van der Waals surface area contributed by atoms with Crippen LogP contribution in [0.2, 0.25) is 15.1 Å². The van der Waals surface area contributed by atoms with Gasteiger partial charge in [-0.15, -0.1) is 0 Å². The summed E-state index contributed by atoms with van der Waals surface area (Å²) in [7, 11) is -4.67. The fraction of sp³-hybridized carbons (Fsp3) is 0. The maximum absolute atomic E-state index is 8.74. The molecule has 0 amide bonds. The van der Waals surface area contributed by atoms with Gasteiger partial charge in [0.25, 0.3) is 0 Å². The van der Waals surface area contributed by atoms with Gasteiger partial charge in [0, 0.05) is 0 Å². The van der Waals surface area contributed by atoms with E-state index in [0.717, 1.165) is 0 Å². The summed E-state index contributed by atoms with van der Waals surface area (Å²) in [4.78, 5) is 2.90. The molecule has 0 aromatic heterocycles. The van der Waals surface area contributed by atoms with Gasteiger partial charge in [-0.05, 0) is 6.07 Å². The van der Waals surface area contributed by atoms with E-state index < -0.39 is 10.4 Å². The van der Waals surface area contributed by atoms with Crippen molar-refractivity contribution in [1.82, 2.24) is 0 Å². The van der Waals surface area contributed by atoms with Gasteiger partial charge in [-0.3, -0.25) is 9.11 Å². The second-order valence-corrected chi connectivity index (χ2v) is 4.38. The van der Waals surface area contributed by atoms with Crippen LogP contribution in [0, 0.1) is 5.39 Å². The first-order valence-corrected chi connectivity index (χ1v) is 5.87. The highest BCUT2D eigenvalue weighted by molar-refractivity contribution is 7.79. The van der Waals surface area contributed by atoms with Gasteiger partial charge in [-0.2, -0.15) is 8.42 Å². The quantitative estimate of drug-likeness (QED) is 0.434. The lowest BCUT2D eigenvalue weighted by molar-refractivity contribution is 0.381. The van der Waals surface area contributed by atoms with Crippen LogP contribution in [0.4, 0.5) is 5.69 Å².